The summed E-state index contributed by atoms with van der Waals surface area (Å²) in [7, 11) is 0. The van der Waals surface area contributed by atoms with Gasteiger partial charge in [-0.15, -0.1) is 6.58 Å². The van der Waals surface area contributed by atoms with E-state index in [1.807, 2.05) is 26.0 Å². The average Bonchev–Trinajstić information content (AvgIpc) is 2.30. The van der Waals surface area contributed by atoms with Crippen molar-refractivity contribution >= 4 is 15.9 Å². The topological polar surface area (TPSA) is 27.7 Å². The lowest BCUT2D eigenvalue weighted by Gasteiger charge is -2.34. The quantitative estimate of drug-likeness (QED) is 0.625. The standard InChI is InChI=1S/C14H17BrO3/c1-4-5-16-8-10-6-12(15)7-11-9-17-14(2,3)18-13(10)11/h4,6-7H,1,5,8-9H2,2-3H3. The van der Waals surface area contributed by atoms with Crippen LogP contribution in [-0.2, 0) is 22.7 Å². The number of ether oxygens (including phenoxy) is 3. The van der Waals surface area contributed by atoms with Gasteiger partial charge in [0.25, 0.3) is 0 Å². The second-order valence-electron chi connectivity index (χ2n) is 4.65. The van der Waals surface area contributed by atoms with Gasteiger partial charge in [-0.2, -0.15) is 0 Å². The Morgan fingerprint density at radius 2 is 2.28 bits per heavy atom. The van der Waals surface area contributed by atoms with E-state index < -0.39 is 5.79 Å². The molecular formula is C14H17BrO3. The van der Waals surface area contributed by atoms with Crippen LogP contribution in [0, 0.1) is 0 Å². The van der Waals surface area contributed by atoms with Crippen molar-refractivity contribution < 1.29 is 14.2 Å². The van der Waals surface area contributed by atoms with Crippen molar-refractivity contribution in [2.24, 2.45) is 0 Å². The monoisotopic (exact) mass is 312 g/mol. The minimum Gasteiger partial charge on any atom is -0.462 e. The smallest absolute Gasteiger partial charge is 0.205 e. The van der Waals surface area contributed by atoms with Gasteiger partial charge in [0, 0.05) is 29.4 Å². The van der Waals surface area contributed by atoms with E-state index in [0.717, 1.165) is 21.3 Å². The van der Waals surface area contributed by atoms with Gasteiger partial charge < -0.3 is 14.2 Å². The summed E-state index contributed by atoms with van der Waals surface area (Å²) in [6.45, 7) is 9.04. The lowest BCUT2D eigenvalue weighted by molar-refractivity contribution is -0.180. The first-order chi connectivity index (χ1) is 8.52. The minimum atomic E-state index is -0.589. The molecule has 1 aromatic rings. The van der Waals surface area contributed by atoms with E-state index in [1.165, 1.54) is 0 Å². The van der Waals surface area contributed by atoms with E-state index in [4.69, 9.17) is 14.2 Å². The fourth-order valence-electron chi connectivity index (χ4n) is 1.84. The molecule has 0 bridgehead atoms. The molecule has 2 rings (SSSR count). The molecule has 1 aliphatic heterocycles. The summed E-state index contributed by atoms with van der Waals surface area (Å²) in [4.78, 5) is 0. The van der Waals surface area contributed by atoms with Crippen LogP contribution in [0.4, 0.5) is 0 Å². The highest BCUT2D eigenvalue weighted by atomic mass is 79.9. The first-order valence-electron chi connectivity index (χ1n) is 5.85. The van der Waals surface area contributed by atoms with Crippen molar-refractivity contribution in [3.8, 4) is 5.75 Å². The summed E-state index contributed by atoms with van der Waals surface area (Å²) in [5.74, 6) is 0.284. The maximum Gasteiger partial charge on any atom is 0.205 e. The zero-order valence-corrected chi connectivity index (χ0v) is 12.2. The Morgan fingerprint density at radius 3 is 3.00 bits per heavy atom. The predicted octanol–water partition coefficient (Wildman–Crippen LogP) is 3.80. The maximum absolute atomic E-state index is 5.89. The molecule has 0 radical (unpaired) electrons. The van der Waals surface area contributed by atoms with Gasteiger partial charge in [-0.05, 0) is 12.1 Å². The number of halogens is 1. The molecule has 4 heteroatoms. The van der Waals surface area contributed by atoms with Gasteiger partial charge in [0.05, 0.1) is 19.8 Å². The number of hydrogen-bond acceptors (Lipinski definition) is 3. The molecule has 0 saturated carbocycles. The third kappa shape index (κ3) is 3.13. The van der Waals surface area contributed by atoms with Gasteiger partial charge in [0.1, 0.15) is 5.75 Å². The molecule has 18 heavy (non-hydrogen) atoms. The van der Waals surface area contributed by atoms with Crippen LogP contribution in [0.5, 0.6) is 5.75 Å². The Balaban J connectivity index is 2.28. The van der Waals surface area contributed by atoms with Gasteiger partial charge >= 0.3 is 0 Å². The van der Waals surface area contributed by atoms with E-state index in [2.05, 4.69) is 22.5 Å². The first-order valence-corrected chi connectivity index (χ1v) is 6.64. The van der Waals surface area contributed by atoms with Crippen LogP contribution in [0.3, 0.4) is 0 Å². The summed E-state index contributed by atoms with van der Waals surface area (Å²) < 4.78 is 18.0. The zero-order chi connectivity index (χ0) is 13.2. The van der Waals surface area contributed by atoms with Crippen LogP contribution in [0.15, 0.2) is 29.3 Å². The number of fused-ring (bicyclic) bond motifs is 1. The summed E-state index contributed by atoms with van der Waals surface area (Å²) in [6, 6.07) is 4.03. The normalized spacial score (nSPS) is 16.8. The zero-order valence-electron chi connectivity index (χ0n) is 10.7. The van der Waals surface area contributed by atoms with Gasteiger partial charge in [0.15, 0.2) is 0 Å². The number of hydrogen-bond donors (Lipinski definition) is 0. The largest absolute Gasteiger partial charge is 0.462 e. The SMILES string of the molecule is C=CCOCc1cc(Br)cc2c1OC(C)(C)OC2. The van der Waals surface area contributed by atoms with E-state index in [9.17, 15) is 0 Å². The minimum absolute atomic E-state index is 0.504. The first kappa shape index (κ1) is 13.6. The van der Waals surface area contributed by atoms with Crippen LogP contribution in [0.25, 0.3) is 0 Å². The average molecular weight is 313 g/mol. The Bertz CT molecular complexity index is 455. The summed E-state index contributed by atoms with van der Waals surface area (Å²) in [6.07, 6.45) is 1.73. The van der Waals surface area contributed by atoms with Crippen molar-refractivity contribution in [1.29, 1.82) is 0 Å². The molecule has 1 aromatic carbocycles. The predicted molar refractivity (Wildman–Crippen MR) is 73.5 cm³/mol. The van der Waals surface area contributed by atoms with Crippen LogP contribution in [0.1, 0.15) is 25.0 Å². The highest BCUT2D eigenvalue weighted by molar-refractivity contribution is 9.10. The third-order valence-electron chi connectivity index (χ3n) is 2.62. The van der Waals surface area contributed by atoms with Crippen molar-refractivity contribution in [2.45, 2.75) is 32.8 Å². The Kier molecular flexibility index (Phi) is 4.10. The van der Waals surface area contributed by atoms with E-state index in [0.29, 0.717) is 19.8 Å². The molecule has 0 N–H and O–H groups in total. The van der Waals surface area contributed by atoms with Gasteiger partial charge in [0.2, 0.25) is 5.79 Å². The summed E-state index contributed by atoms with van der Waals surface area (Å²) in [5, 5.41) is 0. The van der Waals surface area contributed by atoms with Crippen LogP contribution < -0.4 is 4.74 Å². The van der Waals surface area contributed by atoms with E-state index in [-0.39, 0.29) is 0 Å². The summed E-state index contributed by atoms with van der Waals surface area (Å²) in [5.41, 5.74) is 2.07. The molecular weight excluding hydrogens is 296 g/mol. The van der Waals surface area contributed by atoms with Crippen molar-refractivity contribution in [2.75, 3.05) is 6.61 Å². The van der Waals surface area contributed by atoms with Gasteiger partial charge in [-0.25, -0.2) is 0 Å². The molecule has 0 saturated heterocycles. The van der Waals surface area contributed by atoms with Crippen molar-refractivity contribution in [1.82, 2.24) is 0 Å². The molecule has 0 aliphatic carbocycles. The molecule has 0 spiro atoms. The Labute approximate surface area is 116 Å². The Morgan fingerprint density at radius 1 is 1.50 bits per heavy atom. The fourth-order valence-corrected chi connectivity index (χ4v) is 2.39. The molecule has 0 atom stereocenters. The second kappa shape index (κ2) is 5.43. The van der Waals surface area contributed by atoms with Gasteiger partial charge in [-0.1, -0.05) is 22.0 Å². The molecule has 98 valence electrons. The second-order valence-corrected chi connectivity index (χ2v) is 5.56. The van der Waals surface area contributed by atoms with E-state index >= 15 is 0 Å². The molecule has 0 unspecified atom stereocenters. The summed E-state index contributed by atoms with van der Waals surface area (Å²) >= 11 is 3.49. The van der Waals surface area contributed by atoms with E-state index in [1.54, 1.807) is 6.08 Å². The highest BCUT2D eigenvalue weighted by Gasteiger charge is 2.29. The lowest BCUT2D eigenvalue weighted by atomic mass is 10.1. The number of rotatable bonds is 4. The fraction of sp³-hybridized carbons (Fsp3) is 0.429. The molecule has 3 nitrogen and oxygen atoms in total. The third-order valence-corrected chi connectivity index (χ3v) is 3.08. The molecule has 0 amide bonds. The molecule has 1 aliphatic rings. The Hall–Kier alpha value is -0.840. The van der Waals surface area contributed by atoms with Crippen molar-refractivity contribution in [3.63, 3.8) is 0 Å². The van der Waals surface area contributed by atoms with Crippen molar-refractivity contribution in [3.05, 3.63) is 40.4 Å². The van der Waals surface area contributed by atoms with Crippen LogP contribution in [0.2, 0.25) is 0 Å². The molecule has 0 fully saturated rings. The van der Waals surface area contributed by atoms with Gasteiger partial charge in [-0.3, -0.25) is 0 Å². The lowest BCUT2D eigenvalue weighted by Crippen LogP contribution is -2.35. The maximum atomic E-state index is 5.89. The highest BCUT2D eigenvalue weighted by Crippen LogP contribution is 2.36. The molecule has 0 aromatic heterocycles. The van der Waals surface area contributed by atoms with Crippen LogP contribution >= 0.6 is 15.9 Å². The number of benzene rings is 1. The molecule has 1 heterocycles. The van der Waals surface area contributed by atoms with Crippen LogP contribution in [-0.4, -0.2) is 12.4 Å².